The fourth-order valence-corrected chi connectivity index (χ4v) is 10.5. The predicted molar refractivity (Wildman–Crippen MR) is 353 cm³/mol. The fraction of sp³-hybridized carbons (Fsp3) is 0.800. The molecule has 0 aromatic carbocycles. The van der Waals surface area contributed by atoms with E-state index in [0.717, 1.165) is 103 Å². The normalized spacial score (nSPS) is 12.5. The zero-order chi connectivity index (χ0) is 58.5. The molecular weight excluding hydrogens is 997 g/mol. The summed E-state index contributed by atoms with van der Waals surface area (Å²) >= 11 is 0. The SMILES string of the molecule is CC/C=C\C/C=C\C/C=C\C/C=C\C/C=C\C/C=C\CCCCCCCCC(=O)OCC(COC(=O)CCCCCCCCCCCCCCCCC)OC(=O)CCCCCCCCCCCCCCCCCCCCCCCCC. The van der Waals surface area contributed by atoms with Crippen LogP contribution in [0.4, 0.5) is 0 Å². The topological polar surface area (TPSA) is 78.9 Å². The third-order valence-corrected chi connectivity index (χ3v) is 15.7. The maximum atomic E-state index is 13.0. The van der Waals surface area contributed by atoms with E-state index in [1.165, 1.54) is 225 Å². The molecular formula is C75H134O6. The van der Waals surface area contributed by atoms with Gasteiger partial charge in [-0.2, -0.15) is 0 Å². The van der Waals surface area contributed by atoms with Gasteiger partial charge in [-0.3, -0.25) is 14.4 Å². The van der Waals surface area contributed by atoms with Crippen LogP contribution in [-0.2, 0) is 28.6 Å². The quantitative estimate of drug-likeness (QED) is 0.0261. The molecule has 6 nitrogen and oxygen atoms in total. The zero-order valence-corrected chi connectivity index (χ0v) is 54.1. The van der Waals surface area contributed by atoms with E-state index >= 15 is 0 Å². The molecule has 81 heavy (non-hydrogen) atoms. The lowest BCUT2D eigenvalue weighted by Crippen LogP contribution is -2.30. The molecule has 0 radical (unpaired) electrons. The van der Waals surface area contributed by atoms with Crippen molar-refractivity contribution in [2.45, 2.75) is 374 Å². The molecule has 0 aliphatic rings. The molecule has 0 aliphatic carbocycles. The summed E-state index contributed by atoms with van der Waals surface area (Å²) in [6.45, 7) is 6.58. The number of hydrogen-bond acceptors (Lipinski definition) is 6. The maximum absolute atomic E-state index is 13.0. The molecule has 0 N–H and O–H groups in total. The lowest BCUT2D eigenvalue weighted by Gasteiger charge is -2.18. The molecule has 0 aromatic heterocycles. The van der Waals surface area contributed by atoms with Crippen LogP contribution in [0.3, 0.4) is 0 Å². The highest BCUT2D eigenvalue weighted by Gasteiger charge is 2.19. The average Bonchev–Trinajstić information content (AvgIpc) is 3.47. The van der Waals surface area contributed by atoms with Crippen LogP contribution in [0.25, 0.3) is 0 Å². The Hall–Kier alpha value is -3.15. The number of esters is 3. The third kappa shape index (κ3) is 67.5. The van der Waals surface area contributed by atoms with Gasteiger partial charge >= 0.3 is 17.9 Å². The molecule has 0 spiro atoms. The van der Waals surface area contributed by atoms with Crippen molar-refractivity contribution in [1.29, 1.82) is 0 Å². The number of unbranched alkanes of at least 4 members (excludes halogenated alkanes) is 42. The molecule has 0 amide bonds. The van der Waals surface area contributed by atoms with Gasteiger partial charge in [0.15, 0.2) is 6.10 Å². The number of hydrogen-bond donors (Lipinski definition) is 0. The van der Waals surface area contributed by atoms with Gasteiger partial charge in [-0.1, -0.05) is 351 Å². The number of carbonyl (C=O) groups excluding carboxylic acids is 3. The lowest BCUT2D eigenvalue weighted by atomic mass is 10.0. The van der Waals surface area contributed by atoms with Gasteiger partial charge in [-0.15, -0.1) is 0 Å². The Morgan fingerprint density at radius 3 is 0.753 bits per heavy atom. The Bertz CT molecular complexity index is 1490. The third-order valence-electron chi connectivity index (χ3n) is 15.7. The van der Waals surface area contributed by atoms with Crippen molar-refractivity contribution in [1.82, 2.24) is 0 Å². The predicted octanol–water partition coefficient (Wildman–Crippen LogP) is 24.4. The van der Waals surface area contributed by atoms with Crippen molar-refractivity contribution < 1.29 is 28.6 Å². The highest BCUT2D eigenvalue weighted by atomic mass is 16.6. The van der Waals surface area contributed by atoms with Crippen LogP contribution in [0, 0.1) is 0 Å². The molecule has 6 heteroatoms. The van der Waals surface area contributed by atoms with Gasteiger partial charge < -0.3 is 14.2 Å². The summed E-state index contributed by atoms with van der Waals surface area (Å²) < 4.78 is 17.0. The van der Waals surface area contributed by atoms with E-state index in [0.29, 0.717) is 19.3 Å². The first kappa shape index (κ1) is 77.9. The van der Waals surface area contributed by atoms with E-state index in [9.17, 15) is 14.4 Å². The molecule has 0 saturated heterocycles. The largest absolute Gasteiger partial charge is 0.462 e. The summed E-state index contributed by atoms with van der Waals surface area (Å²) in [5.74, 6) is -0.865. The van der Waals surface area contributed by atoms with Crippen molar-refractivity contribution in [3.8, 4) is 0 Å². The minimum atomic E-state index is -0.780. The Morgan fingerprint density at radius 2 is 0.481 bits per heavy atom. The second kappa shape index (κ2) is 69.3. The maximum Gasteiger partial charge on any atom is 0.306 e. The number of ether oxygens (including phenoxy) is 3. The van der Waals surface area contributed by atoms with Gasteiger partial charge in [-0.25, -0.2) is 0 Å². The van der Waals surface area contributed by atoms with Crippen molar-refractivity contribution in [2.75, 3.05) is 13.2 Å². The summed E-state index contributed by atoms with van der Waals surface area (Å²) in [4.78, 5) is 38.5. The van der Waals surface area contributed by atoms with Crippen LogP contribution < -0.4 is 0 Å². The first-order valence-electron chi connectivity index (χ1n) is 35.4. The van der Waals surface area contributed by atoms with Crippen molar-refractivity contribution in [2.24, 2.45) is 0 Å². The van der Waals surface area contributed by atoms with E-state index in [4.69, 9.17) is 14.2 Å². The molecule has 0 fully saturated rings. The number of rotatable bonds is 65. The van der Waals surface area contributed by atoms with E-state index in [2.05, 4.69) is 93.7 Å². The summed E-state index contributed by atoms with van der Waals surface area (Å²) in [6.07, 6.45) is 90.7. The highest BCUT2D eigenvalue weighted by molar-refractivity contribution is 5.71. The Balaban J connectivity index is 4.33. The zero-order valence-electron chi connectivity index (χ0n) is 54.1. The average molecular weight is 1130 g/mol. The molecule has 0 saturated carbocycles. The van der Waals surface area contributed by atoms with E-state index in [-0.39, 0.29) is 31.1 Å². The molecule has 470 valence electrons. The number of allylic oxidation sites excluding steroid dienone is 12. The van der Waals surface area contributed by atoms with E-state index in [1.54, 1.807) is 0 Å². The van der Waals surface area contributed by atoms with Crippen molar-refractivity contribution in [3.05, 3.63) is 72.9 Å². The molecule has 0 aliphatic heterocycles. The number of carbonyl (C=O) groups is 3. The van der Waals surface area contributed by atoms with Crippen molar-refractivity contribution >= 4 is 17.9 Å². The highest BCUT2D eigenvalue weighted by Crippen LogP contribution is 2.18. The van der Waals surface area contributed by atoms with Crippen LogP contribution in [0.15, 0.2) is 72.9 Å². The van der Waals surface area contributed by atoms with Crippen molar-refractivity contribution in [3.63, 3.8) is 0 Å². The molecule has 0 rings (SSSR count). The smallest absolute Gasteiger partial charge is 0.306 e. The Morgan fingerprint density at radius 1 is 0.259 bits per heavy atom. The standard InChI is InChI=1S/C75H134O6/c1-4-7-10-13-16-19-22-25-28-30-32-34-36-37-39-40-42-44-47-50-53-56-59-62-65-68-74(77)80-71-72(70-79-73(76)67-64-61-58-55-52-49-46-27-24-21-18-15-12-9-6-3)81-75(78)69-66-63-60-57-54-51-48-45-43-41-38-35-33-31-29-26-23-20-17-14-11-8-5-2/h7,10,16,19,25,28,32,34,37,39,42,44,72H,4-6,8-9,11-15,17-18,20-24,26-27,29-31,33,35-36,38,40-41,43,45-71H2,1-3H3/b10-7-,19-16-,28-25-,34-32-,39-37-,44-42-. The van der Waals surface area contributed by atoms with E-state index < -0.39 is 6.10 Å². The van der Waals surface area contributed by atoms with Gasteiger partial charge in [0, 0.05) is 19.3 Å². The molecule has 0 aromatic rings. The summed E-state index contributed by atoms with van der Waals surface area (Å²) in [5, 5.41) is 0. The van der Waals surface area contributed by atoms with Crippen LogP contribution in [0.1, 0.15) is 367 Å². The minimum Gasteiger partial charge on any atom is -0.462 e. The Kier molecular flexibility index (Phi) is 66.6. The second-order valence-corrected chi connectivity index (χ2v) is 23.8. The first-order valence-corrected chi connectivity index (χ1v) is 35.4. The van der Waals surface area contributed by atoms with Gasteiger partial charge in [-0.05, 0) is 70.6 Å². The van der Waals surface area contributed by atoms with Crippen LogP contribution >= 0.6 is 0 Å². The van der Waals surface area contributed by atoms with Crippen LogP contribution in [0.2, 0.25) is 0 Å². The van der Waals surface area contributed by atoms with Crippen LogP contribution in [0.5, 0.6) is 0 Å². The van der Waals surface area contributed by atoms with Gasteiger partial charge in [0.1, 0.15) is 13.2 Å². The first-order chi connectivity index (χ1) is 40.0. The van der Waals surface area contributed by atoms with E-state index in [1.807, 2.05) is 0 Å². The van der Waals surface area contributed by atoms with Gasteiger partial charge in [0.05, 0.1) is 0 Å². The van der Waals surface area contributed by atoms with Gasteiger partial charge in [0.25, 0.3) is 0 Å². The minimum absolute atomic E-state index is 0.0748. The summed E-state index contributed by atoms with van der Waals surface area (Å²) in [6, 6.07) is 0. The van der Waals surface area contributed by atoms with Gasteiger partial charge in [0.2, 0.25) is 0 Å². The van der Waals surface area contributed by atoms with Crippen LogP contribution in [-0.4, -0.2) is 37.2 Å². The second-order valence-electron chi connectivity index (χ2n) is 23.8. The molecule has 1 atom stereocenters. The fourth-order valence-electron chi connectivity index (χ4n) is 10.5. The summed E-state index contributed by atoms with van der Waals surface area (Å²) in [7, 11) is 0. The molecule has 0 bridgehead atoms. The summed E-state index contributed by atoms with van der Waals surface area (Å²) in [5.41, 5.74) is 0. The Labute approximate surface area is 503 Å². The lowest BCUT2D eigenvalue weighted by molar-refractivity contribution is -0.167. The molecule has 0 heterocycles. The monoisotopic (exact) mass is 1130 g/mol. The molecule has 1 unspecified atom stereocenters.